The van der Waals surface area contributed by atoms with E-state index in [9.17, 15) is 0 Å². The molecule has 4 N–H and O–H groups in total. The van der Waals surface area contributed by atoms with Gasteiger partial charge in [0.05, 0.1) is 0 Å². The SMILES string of the molecule is CCCCSc1ccc(C(=N)OCc2cccc(C(N)OC(=N)c3ccc(C)cc3)c2)cc1. The maximum Gasteiger partial charge on any atom is 0.215 e. The fourth-order valence-electron chi connectivity index (χ4n) is 3.10. The summed E-state index contributed by atoms with van der Waals surface area (Å²) >= 11 is 1.83. The molecule has 0 aliphatic carbocycles. The summed E-state index contributed by atoms with van der Waals surface area (Å²) < 4.78 is 11.3. The summed E-state index contributed by atoms with van der Waals surface area (Å²) in [7, 11) is 0. The highest BCUT2D eigenvalue weighted by atomic mass is 32.2. The largest absolute Gasteiger partial charge is 0.473 e. The average molecular weight is 462 g/mol. The fraction of sp³-hybridized carbons (Fsp3) is 0.259. The third kappa shape index (κ3) is 7.48. The van der Waals surface area contributed by atoms with Crippen LogP contribution in [0.3, 0.4) is 0 Å². The van der Waals surface area contributed by atoms with Gasteiger partial charge in [-0.2, -0.15) is 0 Å². The van der Waals surface area contributed by atoms with Gasteiger partial charge in [0.1, 0.15) is 6.61 Å². The van der Waals surface area contributed by atoms with E-state index in [0.717, 1.165) is 28.0 Å². The molecule has 1 atom stereocenters. The third-order valence-corrected chi connectivity index (χ3v) is 6.20. The highest BCUT2D eigenvalue weighted by Crippen LogP contribution is 2.21. The van der Waals surface area contributed by atoms with Crippen molar-refractivity contribution in [2.45, 2.75) is 44.4 Å². The summed E-state index contributed by atoms with van der Waals surface area (Å²) in [5.74, 6) is 1.27. The van der Waals surface area contributed by atoms with Crippen LogP contribution in [0.25, 0.3) is 0 Å². The second-order valence-electron chi connectivity index (χ2n) is 7.82. The first kappa shape index (κ1) is 24.6. The number of benzene rings is 3. The Morgan fingerprint density at radius 2 is 1.61 bits per heavy atom. The topological polar surface area (TPSA) is 92.2 Å². The van der Waals surface area contributed by atoms with E-state index in [-0.39, 0.29) is 18.4 Å². The molecule has 0 aliphatic rings. The molecule has 3 rings (SSSR count). The number of aryl methyl sites for hydroxylation is 1. The van der Waals surface area contributed by atoms with Gasteiger partial charge in [0.25, 0.3) is 0 Å². The van der Waals surface area contributed by atoms with Crippen LogP contribution >= 0.6 is 11.8 Å². The number of ether oxygens (including phenoxy) is 2. The number of hydrogen-bond donors (Lipinski definition) is 3. The molecule has 0 saturated heterocycles. The minimum absolute atomic E-state index is 0.0298. The second kappa shape index (κ2) is 12.2. The van der Waals surface area contributed by atoms with Crippen LogP contribution in [0, 0.1) is 17.7 Å². The Kier molecular flexibility index (Phi) is 9.10. The molecule has 0 saturated carbocycles. The van der Waals surface area contributed by atoms with Gasteiger partial charge in [-0.3, -0.25) is 16.6 Å². The van der Waals surface area contributed by atoms with Gasteiger partial charge in [-0.25, -0.2) is 0 Å². The molecular formula is C27H31N3O2S. The molecule has 33 heavy (non-hydrogen) atoms. The smallest absolute Gasteiger partial charge is 0.215 e. The van der Waals surface area contributed by atoms with E-state index in [1.807, 2.05) is 91.5 Å². The van der Waals surface area contributed by atoms with Crippen LogP contribution in [0.5, 0.6) is 0 Å². The molecular weight excluding hydrogens is 430 g/mol. The Hall–Kier alpha value is -3.09. The summed E-state index contributed by atoms with van der Waals surface area (Å²) in [5.41, 5.74) is 10.4. The minimum atomic E-state index is -0.768. The second-order valence-corrected chi connectivity index (χ2v) is 8.99. The number of unbranched alkanes of at least 4 members (excludes halogenated alkanes) is 1. The lowest BCUT2D eigenvalue weighted by atomic mass is 10.1. The van der Waals surface area contributed by atoms with Gasteiger partial charge in [0, 0.05) is 21.6 Å². The highest BCUT2D eigenvalue weighted by molar-refractivity contribution is 7.99. The number of rotatable bonds is 10. The first-order valence-electron chi connectivity index (χ1n) is 11.1. The maximum absolute atomic E-state index is 8.25. The molecule has 6 heteroatoms. The molecule has 0 bridgehead atoms. The van der Waals surface area contributed by atoms with Gasteiger partial charge in [-0.1, -0.05) is 49.2 Å². The lowest BCUT2D eigenvalue weighted by molar-refractivity contribution is 0.198. The Labute approximate surface area is 200 Å². The Morgan fingerprint density at radius 1 is 0.939 bits per heavy atom. The van der Waals surface area contributed by atoms with Gasteiger partial charge in [-0.05, 0) is 67.1 Å². The normalized spacial score (nSPS) is 11.6. The van der Waals surface area contributed by atoms with Gasteiger partial charge < -0.3 is 9.47 Å². The third-order valence-electron chi connectivity index (χ3n) is 5.10. The van der Waals surface area contributed by atoms with Crippen LogP contribution < -0.4 is 5.73 Å². The molecule has 0 heterocycles. The van der Waals surface area contributed by atoms with E-state index in [0.29, 0.717) is 5.56 Å². The lowest BCUT2D eigenvalue weighted by Crippen LogP contribution is -2.19. The molecule has 5 nitrogen and oxygen atoms in total. The summed E-state index contributed by atoms with van der Waals surface area (Å²) in [6.07, 6.45) is 1.62. The molecule has 1 unspecified atom stereocenters. The molecule has 0 radical (unpaired) electrons. The van der Waals surface area contributed by atoms with Gasteiger partial charge in [-0.15, -0.1) is 11.8 Å². The molecule has 0 fully saturated rings. The van der Waals surface area contributed by atoms with Gasteiger partial charge in [0.15, 0.2) is 6.23 Å². The number of nitrogens with one attached hydrogen (secondary N) is 2. The first-order chi connectivity index (χ1) is 16.0. The zero-order valence-corrected chi connectivity index (χ0v) is 20.0. The maximum atomic E-state index is 8.25. The van der Waals surface area contributed by atoms with E-state index < -0.39 is 6.23 Å². The Bertz CT molecular complexity index is 1070. The van der Waals surface area contributed by atoms with Crippen LogP contribution in [0.2, 0.25) is 0 Å². The minimum Gasteiger partial charge on any atom is -0.473 e. The van der Waals surface area contributed by atoms with E-state index in [1.165, 1.54) is 17.7 Å². The molecule has 3 aromatic rings. The molecule has 3 aromatic carbocycles. The Morgan fingerprint density at radius 3 is 2.30 bits per heavy atom. The van der Waals surface area contributed by atoms with Crippen LogP contribution in [0.15, 0.2) is 77.7 Å². The monoisotopic (exact) mass is 461 g/mol. The van der Waals surface area contributed by atoms with Crippen molar-refractivity contribution < 1.29 is 9.47 Å². The van der Waals surface area contributed by atoms with Gasteiger partial charge in [0.2, 0.25) is 11.8 Å². The van der Waals surface area contributed by atoms with Crippen molar-refractivity contribution in [3.05, 3.63) is 101 Å². The highest BCUT2D eigenvalue weighted by Gasteiger charge is 2.12. The van der Waals surface area contributed by atoms with Crippen LogP contribution in [0.1, 0.15) is 53.8 Å². The van der Waals surface area contributed by atoms with E-state index >= 15 is 0 Å². The van der Waals surface area contributed by atoms with E-state index in [4.69, 9.17) is 26.0 Å². The molecule has 172 valence electrons. The van der Waals surface area contributed by atoms with Crippen molar-refractivity contribution in [2.24, 2.45) is 5.73 Å². The van der Waals surface area contributed by atoms with Gasteiger partial charge >= 0.3 is 0 Å². The van der Waals surface area contributed by atoms with Crippen LogP contribution in [0.4, 0.5) is 0 Å². The van der Waals surface area contributed by atoms with E-state index in [1.54, 1.807) is 0 Å². The summed E-state index contributed by atoms with van der Waals surface area (Å²) in [4.78, 5) is 1.21. The van der Waals surface area contributed by atoms with Crippen molar-refractivity contribution in [1.82, 2.24) is 0 Å². The van der Waals surface area contributed by atoms with Crippen molar-refractivity contribution in [3.63, 3.8) is 0 Å². The zero-order chi connectivity index (χ0) is 23.6. The molecule has 0 aromatic heterocycles. The van der Waals surface area contributed by atoms with Crippen LogP contribution in [-0.4, -0.2) is 17.5 Å². The lowest BCUT2D eigenvalue weighted by Gasteiger charge is -2.16. The van der Waals surface area contributed by atoms with Crippen molar-refractivity contribution in [1.29, 1.82) is 10.8 Å². The zero-order valence-electron chi connectivity index (χ0n) is 19.1. The number of hydrogen-bond acceptors (Lipinski definition) is 6. The Balaban J connectivity index is 1.54. The molecule has 0 aliphatic heterocycles. The summed E-state index contributed by atoms with van der Waals surface area (Å²) in [5, 5.41) is 16.4. The average Bonchev–Trinajstić information content (AvgIpc) is 2.83. The van der Waals surface area contributed by atoms with E-state index in [2.05, 4.69) is 6.92 Å². The fourth-order valence-corrected chi connectivity index (χ4v) is 4.10. The van der Waals surface area contributed by atoms with Crippen LogP contribution in [-0.2, 0) is 16.1 Å². The number of nitrogens with two attached hydrogens (primary N) is 1. The molecule has 0 amide bonds. The quantitative estimate of drug-likeness (QED) is 0.107. The van der Waals surface area contributed by atoms with Crippen molar-refractivity contribution in [3.8, 4) is 0 Å². The van der Waals surface area contributed by atoms with Crippen molar-refractivity contribution in [2.75, 3.05) is 5.75 Å². The first-order valence-corrected chi connectivity index (χ1v) is 12.1. The molecule has 0 spiro atoms. The summed E-state index contributed by atoms with van der Waals surface area (Å²) in [6, 6.07) is 23.0. The predicted octanol–water partition coefficient (Wildman–Crippen LogP) is 6.43. The van der Waals surface area contributed by atoms with Crippen molar-refractivity contribution >= 4 is 23.6 Å². The summed E-state index contributed by atoms with van der Waals surface area (Å²) in [6.45, 7) is 4.44. The predicted molar refractivity (Wildman–Crippen MR) is 136 cm³/mol. The number of thioether (sulfide) groups is 1. The standard InChI is InChI=1S/C27H31N3O2S/c1-3-4-16-33-24-14-12-21(13-15-24)25(28)31-18-20-6-5-7-23(17-20)27(30)32-26(29)22-10-8-19(2)9-11-22/h5-15,17,27-29H,3-4,16,18,30H2,1-2H3.